The third kappa shape index (κ3) is 1.81. The summed E-state index contributed by atoms with van der Waals surface area (Å²) in [6.45, 7) is 0. The number of thiazole rings is 1. The van der Waals surface area contributed by atoms with Gasteiger partial charge in [0.2, 0.25) is 5.88 Å². The van der Waals surface area contributed by atoms with Gasteiger partial charge in [0, 0.05) is 11.8 Å². The molecule has 0 saturated carbocycles. The van der Waals surface area contributed by atoms with E-state index in [2.05, 4.69) is 9.98 Å². The number of nitrogens with one attached hydrogen (secondary N) is 1. The summed E-state index contributed by atoms with van der Waals surface area (Å²) in [4.78, 5) is 17.8. The number of fused-ring (bicyclic) bond motifs is 1. The molecule has 1 aromatic heterocycles. The number of aromatic nitrogens is 1. The lowest BCUT2D eigenvalue weighted by Gasteiger charge is -1.91. The van der Waals surface area contributed by atoms with Crippen molar-refractivity contribution in [2.24, 2.45) is 4.99 Å². The maximum Gasteiger partial charge on any atom is 0.307 e. The first-order valence-corrected chi connectivity index (χ1v) is 5.82. The zero-order chi connectivity index (χ0) is 11.8. The SMILES string of the molecule is O=c1[nH]c(O)c(/C=c2/ccc3c(c2)C=CN=3)s1. The van der Waals surface area contributed by atoms with Crippen LogP contribution in [-0.2, 0) is 0 Å². The Hall–Kier alpha value is -2.14. The smallest absolute Gasteiger partial charge is 0.307 e. The predicted molar refractivity (Wildman–Crippen MR) is 66.4 cm³/mol. The van der Waals surface area contributed by atoms with Crippen LogP contribution in [0.2, 0.25) is 0 Å². The zero-order valence-electron chi connectivity index (χ0n) is 8.68. The number of H-pyrrole nitrogens is 1. The van der Waals surface area contributed by atoms with Crippen LogP contribution in [0.5, 0.6) is 5.88 Å². The summed E-state index contributed by atoms with van der Waals surface area (Å²) in [7, 11) is 0. The van der Waals surface area contributed by atoms with E-state index in [0.717, 1.165) is 27.5 Å². The molecule has 0 fully saturated rings. The fraction of sp³-hybridized carbons (Fsp3) is 0. The van der Waals surface area contributed by atoms with Gasteiger partial charge in [-0.05, 0) is 29.5 Å². The van der Waals surface area contributed by atoms with Gasteiger partial charge < -0.3 is 5.11 Å². The van der Waals surface area contributed by atoms with Gasteiger partial charge in [0.05, 0.1) is 10.2 Å². The molecule has 1 aromatic carbocycles. The Bertz CT molecular complexity index is 784. The van der Waals surface area contributed by atoms with Crippen LogP contribution in [0.25, 0.3) is 12.2 Å². The maximum atomic E-state index is 11.0. The highest BCUT2D eigenvalue weighted by atomic mass is 32.1. The second-order valence-electron chi connectivity index (χ2n) is 3.63. The highest BCUT2D eigenvalue weighted by molar-refractivity contribution is 7.10. The number of nitrogens with zero attached hydrogens (tertiary/aromatic N) is 1. The van der Waals surface area contributed by atoms with Crippen molar-refractivity contribution in [3.05, 3.63) is 55.1 Å². The lowest BCUT2D eigenvalue weighted by molar-refractivity contribution is 0.455. The molecule has 0 aliphatic carbocycles. The molecule has 0 atom stereocenters. The van der Waals surface area contributed by atoms with Crippen LogP contribution in [0.3, 0.4) is 0 Å². The molecule has 0 amide bonds. The van der Waals surface area contributed by atoms with Crippen LogP contribution in [0.15, 0.2) is 34.2 Å². The molecule has 0 bridgehead atoms. The highest BCUT2D eigenvalue weighted by Gasteiger charge is 2.03. The molecule has 0 radical (unpaired) electrons. The molecule has 0 spiro atoms. The molecule has 84 valence electrons. The number of benzene rings is 1. The van der Waals surface area contributed by atoms with Crippen molar-refractivity contribution in [1.82, 2.24) is 4.98 Å². The first-order valence-electron chi connectivity index (χ1n) is 5.01. The van der Waals surface area contributed by atoms with Crippen molar-refractivity contribution in [3.63, 3.8) is 0 Å². The molecule has 1 aliphatic heterocycles. The summed E-state index contributed by atoms with van der Waals surface area (Å²) in [5, 5.41) is 11.3. The molecule has 0 saturated heterocycles. The Kier molecular flexibility index (Phi) is 2.19. The van der Waals surface area contributed by atoms with Gasteiger partial charge in [-0.2, -0.15) is 0 Å². The predicted octanol–water partition coefficient (Wildman–Crippen LogP) is 0.575. The van der Waals surface area contributed by atoms with E-state index in [1.165, 1.54) is 0 Å². The first kappa shape index (κ1) is 10.0. The Morgan fingerprint density at radius 1 is 1.41 bits per heavy atom. The summed E-state index contributed by atoms with van der Waals surface area (Å²) in [6, 6.07) is 5.78. The van der Waals surface area contributed by atoms with Gasteiger partial charge in [-0.3, -0.25) is 14.8 Å². The highest BCUT2D eigenvalue weighted by Crippen LogP contribution is 2.15. The summed E-state index contributed by atoms with van der Waals surface area (Å²) in [6.07, 6.45) is 5.44. The number of hydrogen-bond donors (Lipinski definition) is 2. The average Bonchev–Trinajstić information content (AvgIpc) is 2.85. The van der Waals surface area contributed by atoms with Crippen molar-refractivity contribution in [1.29, 1.82) is 0 Å². The zero-order valence-corrected chi connectivity index (χ0v) is 9.49. The van der Waals surface area contributed by atoms with Crippen molar-refractivity contribution in [2.75, 3.05) is 0 Å². The van der Waals surface area contributed by atoms with Crippen LogP contribution in [-0.4, -0.2) is 10.1 Å². The van der Waals surface area contributed by atoms with Crippen LogP contribution in [0, 0.1) is 0 Å². The van der Waals surface area contributed by atoms with Crippen LogP contribution < -0.4 is 15.4 Å². The van der Waals surface area contributed by atoms with E-state index < -0.39 is 0 Å². The van der Waals surface area contributed by atoms with Gasteiger partial charge in [-0.25, -0.2) is 0 Å². The number of aromatic amines is 1. The third-order valence-corrected chi connectivity index (χ3v) is 3.29. The quantitative estimate of drug-likeness (QED) is 0.770. The van der Waals surface area contributed by atoms with E-state index in [0.29, 0.717) is 4.88 Å². The largest absolute Gasteiger partial charge is 0.493 e. The second-order valence-corrected chi connectivity index (χ2v) is 4.65. The molecular weight excluding hydrogens is 236 g/mol. The third-order valence-electron chi connectivity index (χ3n) is 2.47. The minimum Gasteiger partial charge on any atom is -0.493 e. The van der Waals surface area contributed by atoms with Gasteiger partial charge in [-0.15, -0.1) is 0 Å². The normalized spacial score (nSPS) is 13.8. The van der Waals surface area contributed by atoms with Crippen LogP contribution >= 0.6 is 11.3 Å². The second kappa shape index (κ2) is 3.71. The van der Waals surface area contributed by atoms with E-state index in [9.17, 15) is 9.90 Å². The Morgan fingerprint density at radius 2 is 2.29 bits per heavy atom. The molecule has 2 aromatic rings. The Labute approximate surface area is 99.9 Å². The molecule has 3 rings (SSSR count). The molecule has 0 unspecified atom stereocenters. The monoisotopic (exact) mass is 244 g/mol. The van der Waals surface area contributed by atoms with Gasteiger partial charge in [0.25, 0.3) is 0 Å². The maximum absolute atomic E-state index is 11.0. The van der Waals surface area contributed by atoms with Crippen molar-refractivity contribution < 1.29 is 5.11 Å². The van der Waals surface area contributed by atoms with Gasteiger partial charge in [-0.1, -0.05) is 17.4 Å². The molecule has 5 heteroatoms. The molecule has 4 nitrogen and oxygen atoms in total. The lowest BCUT2D eigenvalue weighted by atomic mass is 10.2. The van der Waals surface area contributed by atoms with Crippen molar-refractivity contribution in [2.45, 2.75) is 0 Å². The topological polar surface area (TPSA) is 65.5 Å². The van der Waals surface area contributed by atoms with Gasteiger partial charge in [0.15, 0.2) is 0 Å². The van der Waals surface area contributed by atoms with E-state index in [4.69, 9.17) is 0 Å². The van der Waals surface area contributed by atoms with Crippen LogP contribution in [0.1, 0.15) is 10.4 Å². The number of rotatable bonds is 1. The van der Waals surface area contributed by atoms with Gasteiger partial charge in [0.1, 0.15) is 0 Å². The standard InChI is InChI=1S/C12H8N2O2S/c15-11-10(17-12(16)14-11)6-7-1-2-9-8(5-7)3-4-13-9/h1-6,15H,(H,14,16)/b7-6-. The summed E-state index contributed by atoms with van der Waals surface area (Å²) in [5.41, 5.74) is 1.04. The van der Waals surface area contributed by atoms with E-state index in [1.54, 1.807) is 12.3 Å². The molecule has 1 aliphatic rings. The molecule has 2 N–H and O–H groups in total. The molecule has 2 heterocycles. The number of hydrogen-bond acceptors (Lipinski definition) is 4. The minimum absolute atomic E-state index is 0.0827. The number of aromatic hydroxyl groups is 1. The lowest BCUT2D eigenvalue weighted by Crippen LogP contribution is -2.10. The van der Waals surface area contributed by atoms with Gasteiger partial charge >= 0.3 is 4.87 Å². The summed E-state index contributed by atoms with van der Waals surface area (Å²) >= 11 is 0.984. The molecule has 17 heavy (non-hydrogen) atoms. The average molecular weight is 244 g/mol. The van der Waals surface area contributed by atoms with E-state index in [-0.39, 0.29) is 10.8 Å². The van der Waals surface area contributed by atoms with Crippen molar-refractivity contribution >= 4 is 23.5 Å². The first-order chi connectivity index (χ1) is 8.22. The minimum atomic E-state index is -0.259. The Morgan fingerprint density at radius 3 is 3.06 bits per heavy atom. The van der Waals surface area contributed by atoms with E-state index in [1.807, 2.05) is 24.3 Å². The van der Waals surface area contributed by atoms with Crippen LogP contribution in [0.4, 0.5) is 0 Å². The fourth-order valence-electron chi connectivity index (χ4n) is 1.69. The van der Waals surface area contributed by atoms with Crippen molar-refractivity contribution in [3.8, 4) is 5.88 Å². The summed E-state index contributed by atoms with van der Waals surface area (Å²) < 4.78 is 0. The molecular formula is C12H8N2O2S. The fourth-order valence-corrected chi connectivity index (χ4v) is 2.38. The Balaban J connectivity index is 2.17. The van der Waals surface area contributed by atoms with E-state index >= 15 is 0 Å². The summed E-state index contributed by atoms with van der Waals surface area (Å²) in [5.74, 6) is -0.0827.